The van der Waals surface area contributed by atoms with Gasteiger partial charge in [-0.15, -0.1) is 0 Å². The van der Waals surface area contributed by atoms with Crippen LogP contribution in [-0.2, 0) is 13.1 Å². The summed E-state index contributed by atoms with van der Waals surface area (Å²) < 4.78 is 18.3. The van der Waals surface area contributed by atoms with Crippen molar-refractivity contribution in [2.45, 2.75) is 26.9 Å². The monoisotopic (exact) mass is 412 g/mol. The molecule has 2 aromatic heterocycles. The zero-order chi connectivity index (χ0) is 18.3. The van der Waals surface area contributed by atoms with Crippen molar-refractivity contribution in [2.24, 2.45) is 0 Å². The fourth-order valence-electron chi connectivity index (χ4n) is 3.37. The van der Waals surface area contributed by atoms with E-state index in [9.17, 15) is 4.39 Å². The van der Waals surface area contributed by atoms with Crippen molar-refractivity contribution in [1.82, 2.24) is 19.3 Å². The van der Waals surface area contributed by atoms with Crippen molar-refractivity contribution < 1.29 is 4.39 Å². The lowest BCUT2D eigenvalue weighted by Gasteiger charge is -2.09. The molecule has 0 unspecified atom stereocenters. The van der Waals surface area contributed by atoms with Gasteiger partial charge in [0.25, 0.3) is 0 Å². The van der Waals surface area contributed by atoms with Gasteiger partial charge < -0.3 is 4.57 Å². The lowest BCUT2D eigenvalue weighted by atomic mass is 10.1. The van der Waals surface area contributed by atoms with E-state index in [1.165, 1.54) is 34.3 Å². The Balaban J connectivity index is 1.72. The molecule has 4 aromatic rings. The molecular weight excluding hydrogens is 395 g/mol. The number of nitrogens with zero attached hydrogens (tertiary/aromatic N) is 4. The Morgan fingerprint density at radius 2 is 1.88 bits per heavy atom. The van der Waals surface area contributed by atoms with Crippen LogP contribution in [0.15, 0.2) is 53.3 Å². The lowest BCUT2D eigenvalue weighted by molar-refractivity contribution is 0.626. The maximum absolute atomic E-state index is 13.1. The number of hydrogen-bond donors (Lipinski definition) is 0. The highest BCUT2D eigenvalue weighted by molar-refractivity contribution is 9.10. The Labute approximate surface area is 159 Å². The summed E-state index contributed by atoms with van der Waals surface area (Å²) >= 11 is 3.56. The molecule has 4 rings (SSSR count). The van der Waals surface area contributed by atoms with Crippen molar-refractivity contribution in [3.8, 4) is 11.4 Å². The molecule has 6 heteroatoms. The standard InChI is InChI=1S/C20H18BrFN4/c1-3-26-18-9-6-15(21)10-17(18)13(2)19(26)11-25-12-23-20(24-25)14-4-7-16(22)8-5-14/h4-10,12H,3,11H2,1-2H3. The highest BCUT2D eigenvalue weighted by atomic mass is 79.9. The van der Waals surface area contributed by atoms with Crippen LogP contribution in [0.25, 0.3) is 22.3 Å². The Hall–Kier alpha value is -2.47. The first kappa shape index (κ1) is 17.0. The molecule has 0 radical (unpaired) electrons. The summed E-state index contributed by atoms with van der Waals surface area (Å²) in [7, 11) is 0. The van der Waals surface area contributed by atoms with Crippen molar-refractivity contribution in [2.75, 3.05) is 0 Å². The molecule has 0 amide bonds. The third-order valence-electron chi connectivity index (χ3n) is 4.68. The Kier molecular flexibility index (Phi) is 4.36. The largest absolute Gasteiger partial charge is 0.343 e. The molecule has 132 valence electrons. The van der Waals surface area contributed by atoms with Gasteiger partial charge in [0.2, 0.25) is 0 Å². The first-order chi connectivity index (χ1) is 12.6. The molecule has 0 aliphatic carbocycles. The molecule has 0 spiro atoms. The van der Waals surface area contributed by atoms with E-state index >= 15 is 0 Å². The van der Waals surface area contributed by atoms with Crippen LogP contribution >= 0.6 is 15.9 Å². The van der Waals surface area contributed by atoms with E-state index in [1.807, 2.05) is 4.68 Å². The predicted octanol–water partition coefficient (Wildman–Crippen LogP) is 5.18. The number of benzene rings is 2. The van der Waals surface area contributed by atoms with Crippen LogP contribution in [0, 0.1) is 12.7 Å². The van der Waals surface area contributed by atoms with Gasteiger partial charge in [-0.05, 0) is 61.9 Å². The van der Waals surface area contributed by atoms with E-state index in [1.54, 1.807) is 18.5 Å². The first-order valence-corrected chi connectivity index (χ1v) is 9.28. The van der Waals surface area contributed by atoms with Gasteiger partial charge >= 0.3 is 0 Å². The highest BCUT2D eigenvalue weighted by Crippen LogP contribution is 2.29. The van der Waals surface area contributed by atoms with E-state index in [2.05, 4.69) is 62.6 Å². The van der Waals surface area contributed by atoms with Crippen molar-refractivity contribution in [1.29, 1.82) is 0 Å². The van der Waals surface area contributed by atoms with E-state index in [0.717, 1.165) is 16.6 Å². The maximum atomic E-state index is 13.1. The lowest BCUT2D eigenvalue weighted by Crippen LogP contribution is -2.08. The van der Waals surface area contributed by atoms with Crippen LogP contribution in [0.4, 0.5) is 4.39 Å². The van der Waals surface area contributed by atoms with E-state index in [-0.39, 0.29) is 5.82 Å². The molecule has 0 saturated heterocycles. The average Bonchev–Trinajstić information content (AvgIpc) is 3.20. The number of aromatic nitrogens is 4. The SMILES string of the molecule is CCn1c(Cn2cnc(-c3ccc(F)cc3)n2)c(C)c2cc(Br)ccc21. The molecule has 2 aromatic carbocycles. The second-order valence-electron chi connectivity index (χ2n) is 6.25. The van der Waals surface area contributed by atoms with Gasteiger partial charge in [-0.3, -0.25) is 0 Å². The van der Waals surface area contributed by atoms with Gasteiger partial charge in [0.1, 0.15) is 12.1 Å². The minimum Gasteiger partial charge on any atom is -0.343 e. The third-order valence-corrected chi connectivity index (χ3v) is 5.17. The number of fused-ring (bicyclic) bond motifs is 1. The van der Waals surface area contributed by atoms with Crippen LogP contribution in [0.1, 0.15) is 18.2 Å². The van der Waals surface area contributed by atoms with Gasteiger partial charge in [-0.1, -0.05) is 15.9 Å². The zero-order valence-corrected chi connectivity index (χ0v) is 16.2. The van der Waals surface area contributed by atoms with E-state index < -0.39 is 0 Å². The van der Waals surface area contributed by atoms with Gasteiger partial charge in [0.15, 0.2) is 5.82 Å². The van der Waals surface area contributed by atoms with Crippen LogP contribution in [0.3, 0.4) is 0 Å². The topological polar surface area (TPSA) is 35.6 Å². The van der Waals surface area contributed by atoms with E-state index in [4.69, 9.17) is 0 Å². The Morgan fingerprint density at radius 1 is 1.12 bits per heavy atom. The predicted molar refractivity (Wildman–Crippen MR) is 105 cm³/mol. The molecular formula is C20H18BrFN4. The smallest absolute Gasteiger partial charge is 0.181 e. The number of halogens is 2. The molecule has 0 aliphatic rings. The molecule has 4 nitrogen and oxygen atoms in total. The van der Waals surface area contributed by atoms with Gasteiger partial charge in [-0.25, -0.2) is 14.1 Å². The minimum atomic E-state index is -0.262. The Bertz CT molecular complexity index is 1080. The second-order valence-corrected chi connectivity index (χ2v) is 7.17. The second kappa shape index (κ2) is 6.68. The number of aryl methyl sites for hydroxylation is 2. The zero-order valence-electron chi connectivity index (χ0n) is 14.6. The quantitative estimate of drug-likeness (QED) is 0.462. The summed E-state index contributed by atoms with van der Waals surface area (Å²) in [6.07, 6.45) is 1.73. The molecule has 2 heterocycles. The van der Waals surface area contributed by atoms with E-state index in [0.29, 0.717) is 12.4 Å². The highest BCUT2D eigenvalue weighted by Gasteiger charge is 2.15. The van der Waals surface area contributed by atoms with Crippen LogP contribution in [0.5, 0.6) is 0 Å². The molecule has 26 heavy (non-hydrogen) atoms. The first-order valence-electron chi connectivity index (χ1n) is 8.49. The number of hydrogen-bond acceptors (Lipinski definition) is 2. The van der Waals surface area contributed by atoms with Crippen LogP contribution < -0.4 is 0 Å². The van der Waals surface area contributed by atoms with Gasteiger partial charge in [-0.2, -0.15) is 5.10 Å². The van der Waals surface area contributed by atoms with Crippen molar-refractivity contribution in [3.63, 3.8) is 0 Å². The fraction of sp³-hybridized carbons (Fsp3) is 0.200. The summed E-state index contributed by atoms with van der Waals surface area (Å²) in [4.78, 5) is 4.38. The third kappa shape index (κ3) is 2.94. The molecule has 0 atom stereocenters. The molecule has 0 bridgehead atoms. The Morgan fingerprint density at radius 3 is 2.62 bits per heavy atom. The van der Waals surface area contributed by atoms with Gasteiger partial charge in [0, 0.05) is 33.2 Å². The summed E-state index contributed by atoms with van der Waals surface area (Å²) in [5.41, 5.74) is 4.50. The molecule has 0 saturated carbocycles. The number of rotatable bonds is 4. The van der Waals surface area contributed by atoms with Crippen molar-refractivity contribution in [3.05, 3.63) is 70.3 Å². The maximum Gasteiger partial charge on any atom is 0.181 e. The summed E-state index contributed by atoms with van der Waals surface area (Å²) in [5.74, 6) is 0.340. The molecule has 0 N–H and O–H groups in total. The van der Waals surface area contributed by atoms with Crippen LogP contribution in [-0.4, -0.2) is 19.3 Å². The fourth-order valence-corrected chi connectivity index (χ4v) is 3.73. The van der Waals surface area contributed by atoms with Crippen molar-refractivity contribution >= 4 is 26.8 Å². The van der Waals surface area contributed by atoms with Crippen LogP contribution in [0.2, 0.25) is 0 Å². The summed E-state index contributed by atoms with van der Waals surface area (Å²) in [6.45, 7) is 5.82. The summed E-state index contributed by atoms with van der Waals surface area (Å²) in [6, 6.07) is 12.6. The minimum absolute atomic E-state index is 0.262. The molecule has 0 aliphatic heterocycles. The summed E-state index contributed by atoms with van der Waals surface area (Å²) in [5, 5.41) is 5.82. The average molecular weight is 413 g/mol. The molecule has 0 fully saturated rings. The normalized spacial score (nSPS) is 11.4. The van der Waals surface area contributed by atoms with Gasteiger partial charge in [0.05, 0.1) is 6.54 Å².